The number of aromatic amines is 1. The largest absolute Gasteiger partial charge is 0.354 e. The molecule has 0 spiro atoms. The summed E-state index contributed by atoms with van der Waals surface area (Å²) < 4.78 is 4.21. The van der Waals surface area contributed by atoms with Crippen LogP contribution in [0.3, 0.4) is 0 Å². The lowest BCUT2D eigenvalue weighted by molar-refractivity contribution is 0.517. The summed E-state index contributed by atoms with van der Waals surface area (Å²) in [6.45, 7) is 27.8. The van der Waals surface area contributed by atoms with Gasteiger partial charge in [-0.15, -0.1) is 0 Å². The second kappa shape index (κ2) is 34.0. The summed E-state index contributed by atoms with van der Waals surface area (Å²) in [5.41, 5.74) is 6.43. The summed E-state index contributed by atoms with van der Waals surface area (Å²) in [6, 6.07) is 24.9. The highest BCUT2D eigenvalue weighted by atomic mass is 15.0. The van der Waals surface area contributed by atoms with Crippen molar-refractivity contribution in [1.82, 2.24) is 34.1 Å². The number of rotatable bonds is 13. The molecule has 0 aliphatic rings. The monoisotopic (exact) mass is 820 g/mol. The SMILES string of the molecule is C.CC(C)CCn1cccc1.CC(C)Cc1ccccc1.CC(C)Cc1ccccn1.CC(C)Cc1ccncc1.CC(C)Cc1cn(C)cn1.CC(C)Cc1cnc[nH]1. The molecule has 0 saturated carbocycles. The number of imidazole rings is 2. The van der Waals surface area contributed by atoms with Crippen LogP contribution in [0.5, 0.6) is 0 Å². The van der Waals surface area contributed by atoms with Crippen molar-refractivity contribution in [3.8, 4) is 0 Å². The van der Waals surface area contributed by atoms with Crippen LogP contribution < -0.4 is 0 Å². The smallest absolute Gasteiger partial charge is 0.0946 e. The molecule has 0 atom stereocenters. The van der Waals surface area contributed by atoms with Crippen molar-refractivity contribution in [3.63, 3.8) is 0 Å². The van der Waals surface area contributed by atoms with Gasteiger partial charge in [-0.3, -0.25) is 9.97 Å². The summed E-state index contributed by atoms with van der Waals surface area (Å²) in [6.07, 6.45) is 24.2. The number of hydrogen-bond acceptors (Lipinski definition) is 4. The second-order valence-corrected chi connectivity index (χ2v) is 17.9. The highest BCUT2D eigenvalue weighted by Gasteiger charge is 2.00. The van der Waals surface area contributed by atoms with E-state index in [1.54, 1.807) is 6.33 Å². The average molecular weight is 820 g/mol. The van der Waals surface area contributed by atoms with Gasteiger partial charge in [0.2, 0.25) is 0 Å². The molecule has 0 unspecified atom stereocenters. The molecule has 0 saturated heterocycles. The van der Waals surface area contributed by atoms with E-state index < -0.39 is 0 Å². The third kappa shape index (κ3) is 32.1. The van der Waals surface area contributed by atoms with Crippen LogP contribution in [0.25, 0.3) is 0 Å². The molecule has 0 aliphatic heterocycles. The number of aryl methyl sites for hydroxylation is 2. The topological polar surface area (TPSA) is 77.2 Å². The lowest BCUT2D eigenvalue weighted by Crippen LogP contribution is -1.97. The fraction of sp³-hybridized carbons (Fsp3) is 0.509. The van der Waals surface area contributed by atoms with Crippen molar-refractivity contribution in [2.75, 3.05) is 0 Å². The first kappa shape index (κ1) is 55.2. The molecule has 6 rings (SSSR count). The fourth-order valence-corrected chi connectivity index (χ4v) is 5.77. The highest BCUT2D eigenvalue weighted by Crippen LogP contribution is 2.08. The van der Waals surface area contributed by atoms with Gasteiger partial charge < -0.3 is 14.1 Å². The summed E-state index contributed by atoms with van der Waals surface area (Å²) >= 11 is 0. The van der Waals surface area contributed by atoms with Gasteiger partial charge in [0.05, 0.1) is 18.3 Å². The molecule has 0 radical (unpaired) electrons. The van der Waals surface area contributed by atoms with Crippen molar-refractivity contribution in [2.45, 2.75) is 136 Å². The van der Waals surface area contributed by atoms with Crippen molar-refractivity contribution in [2.24, 2.45) is 42.6 Å². The van der Waals surface area contributed by atoms with E-state index in [1.165, 1.54) is 41.1 Å². The minimum atomic E-state index is 0. The summed E-state index contributed by atoms with van der Waals surface area (Å²) in [5, 5.41) is 0. The molecule has 7 nitrogen and oxygen atoms in total. The van der Waals surface area contributed by atoms with Gasteiger partial charge in [-0.05, 0) is 122 Å². The normalized spacial score (nSPS) is 10.3. The Morgan fingerprint density at radius 1 is 0.517 bits per heavy atom. The fourth-order valence-electron chi connectivity index (χ4n) is 5.77. The van der Waals surface area contributed by atoms with E-state index in [4.69, 9.17) is 0 Å². The number of pyridine rings is 2. The molecule has 6 aromatic rings. The van der Waals surface area contributed by atoms with Gasteiger partial charge in [0, 0.05) is 68.4 Å². The van der Waals surface area contributed by atoms with E-state index in [-0.39, 0.29) is 7.43 Å². The summed E-state index contributed by atoms with van der Waals surface area (Å²) in [7, 11) is 2.00. The van der Waals surface area contributed by atoms with Crippen LogP contribution in [-0.2, 0) is 45.7 Å². The molecule has 0 bridgehead atoms. The molecular weight excluding hydrogens is 735 g/mol. The first-order chi connectivity index (χ1) is 28.1. The molecule has 332 valence electrons. The summed E-state index contributed by atoms with van der Waals surface area (Å²) in [5.74, 6) is 4.43. The Kier molecular flexibility index (Phi) is 31.3. The van der Waals surface area contributed by atoms with E-state index in [2.05, 4.69) is 192 Å². The van der Waals surface area contributed by atoms with Gasteiger partial charge in [0.15, 0.2) is 0 Å². The first-order valence-corrected chi connectivity index (χ1v) is 22.0. The maximum absolute atomic E-state index is 4.22. The van der Waals surface area contributed by atoms with Crippen LogP contribution in [-0.4, -0.2) is 34.1 Å². The third-order valence-corrected chi connectivity index (χ3v) is 8.41. The predicted molar refractivity (Wildman–Crippen MR) is 260 cm³/mol. The molecule has 1 N–H and O–H groups in total. The van der Waals surface area contributed by atoms with Crippen LogP contribution in [0.4, 0.5) is 0 Å². The Morgan fingerprint density at radius 2 is 1.05 bits per heavy atom. The van der Waals surface area contributed by atoms with Crippen LogP contribution in [0, 0.1) is 35.5 Å². The number of aromatic nitrogens is 7. The molecule has 7 heteroatoms. The molecular formula is C53H85N7. The lowest BCUT2D eigenvalue weighted by Gasteiger charge is -2.04. The number of H-pyrrole nitrogens is 1. The van der Waals surface area contributed by atoms with Gasteiger partial charge >= 0.3 is 0 Å². The Labute approximate surface area is 368 Å². The van der Waals surface area contributed by atoms with Crippen LogP contribution in [0.2, 0.25) is 0 Å². The van der Waals surface area contributed by atoms with Crippen LogP contribution in [0.1, 0.15) is 125 Å². The van der Waals surface area contributed by atoms with Crippen molar-refractivity contribution >= 4 is 0 Å². The zero-order valence-electron chi connectivity index (χ0n) is 39.2. The Bertz CT molecular complexity index is 1630. The van der Waals surface area contributed by atoms with Gasteiger partial charge in [-0.2, -0.15) is 0 Å². The molecule has 0 fully saturated rings. The molecule has 60 heavy (non-hydrogen) atoms. The van der Waals surface area contributed by atoms with Crippen molar-refractivity contribution < 1.29 is 0 Å². The number of benzene rings is 1. The lowest BCUT2D eigenvalue weighted by atomic mass is 10.0. The Balaban J connectivity index is 0.000000694. The van der Waals surface area contributed by atoms with Crippen LogP contribution in [0.15, 0.2) is 129 Å². The minimum absolute atomic E-state index is 0. The zero-order valence-corrected chi connectivity index (χ0v) is 39.2. The number of nitrogens with zero attached hydrogens (tertiary/aromatic N) is 6. The van der Waals surface area contributed by atoms with Gasteiger partial charge in [0.1, 0.15) is 0 Å². The zero-order chi connectivity index (χ0) is 43.8. The maximum atomic E-state index is 4.22. The Hall–Kier alpha value is -4.78. The molecule has 5 aromatic heterocycles. The summed E-state index contributed by atoms with van der Waals surface area (Å²) in [4.78, 5) is 19.4. The third-order valence-electron chi connectivity index (χ3n) is 8.41. The van der Waals surface area contributed by atoms with Gasteiger partial charge in [-0.1, -0.05) is 127 Å². The average Bonchev–Trinajstić information content (AvgIpc) is 3.97. The highest BCUT2D eigenvalue weighted by molar-refractivity contribution is 5.15. The van der Waals surface area contributed by atoms with Crippen molar-refractivity contribution in [3.05, 3.63) is 157 Å². The standard InChI is InChI=1S/C10H14.C9H13N.C9H15N.C9H13N.C8H14N2.C7H12N2.CH4/c1-9(2)8-10-6-4-3-5-7-10;1-8(2)7-9-3-5-10-6-4-9;1-9(2)5-8-10-6-3-4-7-10;1-8(2)7-9-5-3-4-6-10-9;1-7(2)4-8-5-10(3)6-9-8;1-6(2)3-7-4-8-5-9-7;/h3-7,9H,8H2,1-2H3;3-6,8H,7H2,1-2H3;3-4,6-7,9H,5,8H2,1-2H3;3-6,8H,7H2,1-2H3;5-7H,4H2,1-3H3;4-6H,3H2,1-2H3,(H,8,9);1H4. The minimum Gasteiger partial charge on any atom is -0.354 e. The quantitative estimate of drug-likeness (QED) is 0.126. The number of nitrogens with one attached hydrogen (secondary N) is 1. The van der Waals surface area contributed by atoms with Crippen molar-refractivity contribution in [1.29, 1.82) is 0 Å². The molecule has 1 aromatic carbocycles. The van der Waals surface area contributed by atoms with E-state index in [1.807, 2.05) is 54.9 Å². The molecule has 0 amide bonds. The molecule has 0 aliphatic carbocycles. The van der Waals surface area contributed by atoms with Gasteiger partial charge in [0.25, 0.3) is 0 Å². The van der Waals surface area contributed by atoms with E-state index in [9.17, 15) is 0 Å². The molecule has 5 heterocycles. The Morgan fingerprint density at radius 3 is 1.50 bits per heavy atom. The second-order valence-electron chi connectivity index (χ2n) is 17.9. The van der Waals surface area contributed by atoms with Gasteiger partial charge in [-0.25, -0.2) is 9.97 Å². The number of hydrogen-bond donors (Lipinski definition) is 1. The van der Waals surface area contributed by atoms with E-state index in [0.717, 1.165) is 50.0 Å². The predicted octanol–water partition coefficient (Wildman–Crippen LogP) is 13.8. The first-order valence-electron chi connectivity index (χ1n) is 22.0. The van der Waals surface area contributed by atoms with Crippen LogP contribution >= 0.6 is 0 Å². The maximum Gasteiger partial charge on any atom is 0.0946 e. The van der Waals surface area contributed by atoms with E-state index in [0.29, 0.717) is 17.8 Å². The van der Waals surface area contributed by atoms with E-state index >= 15 is 0 Å².